The molecule has 4 nitrogen and oxygen atoms in total. The number of benzene rings is 2. The summed E-state index contributed by atoms with van der Waals surface area (Å²) in [6.45, 7) is 5.21. The van der Waals surface area contributed by atoms with Gasteiger partial charge in [0.1, 0.15) is 5.75 Å². The van der Waals surface area contributed by atoms with Gasteiger partial charge in [-0.15, -0.1) is 12.4 Å². The van der Waals surface area contributed by atoms with E-state index < -0.39 is 13.6 Å². The highest BCUT2D eigenvalue weighted by Gasteiger charge is 2.22. The average Bonchev–Trinajstić information content (AvgIpc) is 2.71. The van der Waals surface area contributed by atoms with Crippen LogP contribution in [0.15, 0.2) is 54.6 Å². The summed E-state index contributed by atoms with van der Waals surface area (Å²) < 4.78 is 5.91. The van der Waals surface area contributed by atoms with Crippen LogP contribution in [0.3, 0.4) is 0 Å². The Morgan fingerprint density at radius 3 is 2.14 bits per heavy atom. The zero-order valence-corrected chi connectivity index (χ0v) is 19.5. The summed E-state index contributed by atoms with van der Waals surface area (Å²) in [4.78, 5) is 0. The smallest absolute Gasteiger partial charge is 0.119 e. The molecule has 0 amide bonds. The van der Waals surface area contributed by atoms with Gasteiger partial charge in [0.2, 0.25) is 0 Å². The van der Waals surface area contributed by atoms with Gasteiger partial charge in [0.15, 0.2) is 0 Å². The van der Waals surface area contributed by atoms with E-state index in [-0.39, 0.29) is 25.6 Å². The van der Waals surface area contributed by atoms with Crippen LogP contribution in [0.1, 0.15) is 24.0 Å². The molecular formula is C23H36ClNO3Si. The average molecular weight is 438 g/mol. The molecule has 0 saturated heterocycles. The van der Waals surface area contributed by atoms with Crippen molar-refractivity contribution in [2.75, 3.05) is 19.8 Å². The van der Waals surface area contributed by atoms with Gasteiger partial charge in [-0.2, -0.15) is 0 Å². The van der Waals surface area contributed by atoms with E-state index in [2.05, 4.69) is 43.4 Å². The summed E-state index contributed by atoms with van der Waals surface area (Å²) in [6, 6.07) is 21.2. The highest BCUT2D eigenvalue weighted by molar-refractivity contribution is 6.76. The van der Waals surface area contributed by atoms with E-state index in [0.29, 0.717) is 6.42 Å². The van der Waals surface area contributed by atoms with E-state index >= 15 is 0 Å². The predicted molar refractivity (Wildman–Crippen MR) is 126 cm³/mol. The molecule has 0 fully saturated rings. The molecule has 2 aromatic rings. The lowest BCUT2D eigenvalue weighted by Gasteiger charge is -2.24. The SMILES string of the molecule is C[Si](C)(CCCOc1ccc(CCC(N)(CO)CO)cc1)Cc1ccccc1.Cl. The lowest BCUT2D eigenvalue weighted by molar-refractivity contribution is 0.115. The third-order valence-electron chi connectivity index (χ3n) is 5.26. The quantitative estimate of drug-likeness (QED) is 0.346. The van der Waals surface area contributed by atoms with Crippen LogP contribution in [0, 0.1) is 0 Å². The highest BCUT2D eigenvalue weighted by Crippen LogP contribution is 2.20. The fraction of sp³-hybridized carbons (Fsp3) is 0.478. The molecule has 0 heterocycles. The topological polar surface area (TPSA) is 75.7 Å². The molecule has 0 aliphatic rings. The van der Waals surface area contributed by atoms with E-state index in [0.717, 1.165) is 30.8 Å². The van der Waals surface area contributed by atoms with Gasteiger partial charge in [-0.1, -0.05) is 67.2 Å². The zero-order valence-electron chi connectivity index (χ0n) is 17.6. The molecule has 0 bridgehead atoms. The van der Waals surface area contributed by atoms with Crippen molar-refractivity contribution < 1.29 is 14.9 Å². The Morgan fingerprint density at radius 2 is 1.55 bits per heavy atom. The molecule has 0 saturated carbocycles. The minimum atomic E-state index is -1.26. The van der Waals surface area contributed by atoms with Gasteiger partial charge in [-0.25, -0.2) is 0 Å². The first-order valence-corrected chi connectivity index (χ1v) is 13.5. The van der Waals surface area contributed by atoms with Gasteiger partial charge in [-0.3, -0.25) is 0 Å². The van der Waals surface area contributed by atoms with Crippen LogP contribution >= 0.6 is 12.4 Å². The molecule has 0 aromatic heterocycles. The second-order valence-electron chi connectivity index (χ2n) is 8.60. The maximum absolute atomic E-state index is 9.27. The van der Waals surface area contributed by atoms with Crippen molar-refractivity contribution >= 4 is 20.5 Å². The first-order chi connectivity index (χ1) is 13.4. The van der Waals surface area contributed by atoms with E-state index in [9.17, 15) is 10.2 Å². The third-order valence-corrected chi connectivity index (χ3v) is 8.33. The van der Waals surface area contributed by atoms with Crippen molar-refractivity contribution in [3.05, 3.63) is 65.7 Å². The number of aliphatic hydroxyl groups excluding tert-OH is 2. The maximum atomic E-state index is 9.27. The van der Waals surface area contributed by atoms with Crippen LogP contribution in [0.2, 0.25) is 19.1 Å². The van der Waals surface area contributed by atoms with Crippen LogP contribution < -0.4 is 10.5 Å². The first kappa shape index (κ1) is 25.7. The first-order valence-electron chi connectivity index (χ1n) is 10.1. The largest absolute Gasteiger partial charge is 0.494 e. The Balaban J connectivity index is 0.00000420. The van der Waals surface area contributed by atoms with Crippen LogP contribution in [-0.4, -0.2) is 43.6 Å². The summed E-state index contributed by atoms with van der Waals surface area (Å²) in [5, 5.41) is 18.5. The van der Waals surface area contributed by atoms with Gasteiger partial charge in [0.05, 0.1) is 33.4 Å². The molecule has 0 atom stereocenters. The molecular weight excluding hydrogens is 402 g/mol. The van der Waals surface area contributed by atoms with Crippen molar-refractivity contribution in [1.29, 1.82) is 0 Å². The second-order valence-corrected chi connectivity index (χ2v) is 13.8. The van der Waals surface area contributed by atoms with Crippen LogP contribution in [0.25, 0.3) is 0 Å². The van der Waals surface area contributed by atoms with E-state index in [4.69, 9.17) is 10.5 Å². The molecule has 0 radical (unpaired) electrons. The highest BCUT2D eigenvalue weighted by atomic mass is 35.5. The Bertz CT molecular complexity index is 691. The fourth-order valence-corrected chi connectivity index (χ4v) is 5.95. The summed E-state index contributed by atoms with van der Waals surface area (Å²) >= 11 is 0. The van der Waals surface area contributed by atoms with Crippen molar-refractivity contribution in [3.8, 4) is 5.75 Å². The lowest BCUT2D eigenvalue weighted by atomic mass is 9.94. The second kappa shape index (κ2) is 12.4. The maximum Gasteiger partial charge on any atom is 0.119 e. The van der Waals surface area contributed by atoms with Crippen molar-refractivity contribution in [2.24, 2.45) is 5.73 Å². The molecule has 4 N–H and O–H groups in total. The van der Waals surface area contributed by atoms with Gasteiger partial charge in [-0.05, 0) is 43.0 Å². The van der Waals surface area contributed by atoms with Crippen molar-refractivity contribution in [2.45, 2.75) is 50.0 Å². The molecule has 0 spiro atoms. The molecule has 6 heteroatoms. The lowest BCUT2D eigenvalue weighted by Crippen LogP contribution is -2.47. The Kier molecular flexibility index (Phi) is 10.9. The molecule has 2 rings (SSSR count). The number of ether oxygens (including phenoxy) is 1. The molecule has 0 aliphatic heterocycles. The Morgan fingerprint density at radius 1 is 0.931 bits per heavy atom. The van der Waals surface area contributed by atoms with Crippen LogP contribution in [0.4, 0.5) is 0 Å². The normalized spacial score (nSPS) is 11.8. The Hall–Kier alpha value is -1.37. The van der Waals surface area contributed by atoms with Crippen molar-refractivity contribution in [1.82, 2.24) is 0 Å². The predicted octanol–water partition coefficient (Wildman–Crippen LogP) is 3.98. The summed E-state index contributed by atoms with van der Waals surface area (Å²) in [6.07, 6.45) is 2.34. The van der Waals surface area contributed by atoms with E-state index in [1.165, 1.54) is 17.7 Å². The zero-order chi connectivity index (χ0) is 20.5. The van der Waals surface area contributed by atoms with Gasteiger partial charge >= 0.3 is 0 Å². The monoisotopic (exact) mass is 437 g/mol. The third kappa shape index (κ3) is 9.32. The number of hydrogen-bond acceptors (Lipinski definition) is 4. The number of aryl methyl sites for hydroxylation is 1. The summed E-state index contributed by atoms with van der Waals surface area (Å²) in [5.41, 5.74) is 7.58. The number of nitrogens with two attached hydrogens (primary N) is 1. The van der Waals surface area contributed by atoms with E-state index in [1.54, 1.807) is 0 Å². The molecule has 162 valence electrons. The molecule has 0 aliphatic carbocycles. The molecule has 29 heavy (non-hydrogen) atoms. The summed E-state index contributed by atoms with van der Waals surface area (Å²) in [5.74, 6) is 0.884. The number of hydrogen-bond donors (Lipinski definition) is 3. The number of rotatable bonds is 12. The van der Waals surface area contributed by atoms with Crippen molar-refractivity contribution in [3.63, 3.8) is 0 Å². The van der Waals surface area contributed by atoms with E-state index in [1.807, 2.05) is 24.3 Å². The molecule has 0 unspecified atom stereocenters. The van der Waals surface area contributed by atoms with Gasteiger partial charge in [0.25, 0.3) is 0 Å². The molecule has 2 aromatic carbocycles. The van der Waals surface area contributed by atoms with Crippen LogP contribution in [0.5, 0.6) is 5.75 Å². The Labute approximate surface area is 182 Å². The minimum Gasteiger partial charge on any atom is -0.494 e. The van der Waals surface area contributed by atoms with Crippen LogP contribution in [-0.2, 0) is 12.5 Å². The fourth-order valence-electron chi connectivity index (χ4n) is 3.33. The minimum absolute atomic E-state index is 0. The number of halogens is 1. The van der Waals surface area contributed by atoms with Gasteiger partial charge < -0.3 is 20.7 Å². The summed E-state index contributed by atoms with van der Waals surface area (Å²) in [7, 11) is -1.26. The number of aliphatic hydroxyl groups is 2. The van der Waals surface area contributed by atoms with Gasteiger partial charge in [0, 0.05) is 0 Å². The standard InChI is InChI=1S/C23H35NO3Si.ClH/c1-28(2,17-21-7-4-3-5-8-21)16-6-15-27-22-11-9-20(10-12-22)13-14-23(24,18-25)19-26;/h3-5,7-12,25-26H,6,13-19,24H2,1-2H3;1H.